The van der Waals surface area contributed by atoms with E-state index in [9.17, 15) is 4.79 Å². The van der Waals surface area contributed by atoms with Crippen molar-refractivity contribution in [3.8, 4) is 0 Å². The van der Waals surface area contributed by atoms with Gasteiger partial charge in [-0.2, -0.15) is 0 Å². The Labute approximate surface area is 80.2 Å². The fourth-order valence-corrected chi connectivity index (χ4v) is 2.65. The first kappa shape index (κ1) is 8.98. The molecular weight excluding hydrogens is 160 g/mol. The Morgan fingerprint density at radius 1 is 1.62 bits per heavy atom. The summed E-state index contributed by atoms with van der Waals surface area (Å²) in [5.41, 5.74) is 1.89. The topological polar surface area (TPSA) is 17.1 Å². The second-order valence-electron chi connectivity index (χ2n) is 4.97. The number of allylic oxidation sites excluding steroid dienone is 2. The third-order valence-corrected chi connectivity index (χ3v) is 4.08. The quantitative estimate of drug-likeness (QED) is 0.469. The summed E-state index contributed by atoms with van der Waals surface area (Å²) >= 11 is 0. The second kappa shape index (κ2) is 2.97. The predicted octanol–water partition coefficient (Wildman–Crippen LogP) is 2.96. The molecule has 2 aliphatic carbocycles. The molecule has 0 aromatic heterocycles. The summed E-state index contributed by atoms with van der Waals surface area (Å²) in [5, 5.41) is 0. The molecule has 0 saturated heterocycles. The van der Waals surface area contributed by atoms with Crippen LogP contribution in [0.15, 0.2) is 11.6 Å². The van der Waals surface area contributed by atoms with Gasteiger partial charge in [0.1, 0.15) is 6.29 Å². The van der Waals surface area contributed by atoms with E-state index in [2.05, 4.69) is 19.9 Å². The average Bonchev–Trinajstić information content (AvgIpc) is 2.80. The maximum absolute atomic E-state index is 10.7. The lowest BCUT2D eigenvalue weighted by atomic mass is 9.78. The first-order chi connectivity index (χ1) is 6.16. The van der Waals surface area contributed by atoms with Gasteiger partial charge in [-0.05, 0) is 43.9 Å². The Kier molecular flexibility index (Phi) is 2.05. The van der Waals surface area contributed by atoms with E-state index in [1.807, 2.05) is 0 Å². The standard InChI is InChI=1S/C12H18O/c1-9-3-5-10(6-4-9)12(2)7-11(12)8-13/h3,8,10-11H,4-7H2,1-2H3. The van der Waals surface area contributed by atoms with Crippen LogP contribution in [0, 0.1) is 17.3 Å². The third-order valence-electron chi connectivity index (χ3n) is 4.08. The van der Waals surface area contributed by atoms with Crippen LogP contribution in [-0.2, 0) is 4.79 Å². The molecule has 1 fully saturated rings. The van der Waals surface area contributed by atoms with E-state index in [1.54, 1.807) is 0 Å². The van der Waals surface area contributed by atoms with Gasteiger partial charge in [-0.1, -0.05) is 18.6 Å². The van der Waals surface area contributed by atoms with Gasteiger partial charge in [0.15, 0.2) is 0 Å². The van der Waals surface area contributed by atoms with Crippen LogP contribution in [0.25, 0.3) is 0 Å². The Hall–Kier alpha value is -0.590. The van der Waals surface area contributed by atoms with Crippen LogP contribution in [-0.4, -0.2) is 6.29 Å². The molecule has 0 N–H and O–H groups in total. The van der Waals surface area contributed by atoms with Gasteiger partial charge in [0.2, 0.25) is 0 Å². The third kappa shape index (κ3) is 1.45. The number of aldehydes is 1. The number of hydrogen-bond acceptors (Lipinski definition) is 1. The summed E-state index contributed by atoms with van der Waals surface area (Å²) < 4.78 is 0. The van der Waals surface area contributed by atoms with Crippen LogP contribution in [0.3, 0.4) is 0 Å². The summed E-state index contributed by atoms with van der Waals surface area (Å²) in [6.45, 7) is 4.49. The zero-order valence-corrected chi connectivity index (χ0v) is 8.55. The van der Waals surface area contributed by atoms with Crippen LogP contribution >= 0.6 is 0 Å². The largest absolute Gasteiger partial charge is 0.303 e. The van der Waals surface area contributed by atoms with Crippen molar-refractivity contribution in [3.63, 3.8) is 0 Å². The lowest BCUT2D eigenvalue weighted by molar-refractivity contribution is -0.109. The summed E-state index contributed by atoms with van der Waals surface area (Å²) in [4.78, 5) is 10.7. The molecule has 13 heavy (non-hydrogen) atoms. The van der Waals surface area contributed by atoms with E-state index < -0.39 is 0 Å². The normalized spacial score (nSPS) is 44.0. The summed E-state index contributed by atoms with van der Waals surface area (Å²) in [7, 11) is 0. The molecule has 0 heterocycles. The minimum absolute atomic E-state index is 0.360. The first-order valence-corrected chi connectivity index (χ1v) is 5.28. The van der Waals surface area contributed by atoms with E-state index in [4.69, 9.17) is 0 Å². The highest BCUT2D eigenvalue weighted by molar-refractivity contribution is 5.60. The zero-order chi connectivity index (χ0) is 9.47. The molecule has 3 unspecified atom stereocenters. The van der Waals surface area contributed by atoms with Crippen LogP contribution < -0.4 is 0 Å². The average molecular weight is 178 g/mol. The molecule has 0 amide bonds. The van der Waals surface area contributed by atoms with Crippen LogP contribution in [0.1, 0.15) is 39.5 Å². The Morgan fingerprint density at radius 2 is 2.38 bits per heavy atom. The molecule has 1 saturated carbocycles. The van der Waals surface area contributed by atoms with E-state index in [-0.39, 0.29) is 0 Å². The highest BCUT2D eigenvalue weighted by Crippen LogP contribution is 2.59. The van der Waals surface area contributed by atoms with Gasteiger partial charge in [-0.25, -0.2) is 0 Å². The second-order valence-corrected chi connectivity index (χ2v) is 4.97. The van der Waals surface area contributed by atoms with Gasteiger partial charge in [0.25, 0.3) is 0 Å². The Balaban J connectivity index is 2.00. The monoisotopic (exact) mass is 178 g/mol. The molecule has 2 aliphatic rings. The van der Waals surface area contributed by atoms with Crippen LogP contribution in [0.5, 0.6) is 0 Å². The first-order valence-electron chi connectivity index (χ1n) is 5.28. The highest BCUT2D eigenvalue weighted by Gasteiger charge is 2.54. The van der Waals surface area contributed by atoms with E-state index in [1.165, 1.54) is 24.8 Å². The molecule has 72 valence electrons. The van der Waals surface area contributed by atoms with Crippen LogP contribution in [0.2, 0.25) is 0 Å². The molecule has 1 heteroatoms. The summed E-state index contributed by atoms with van der Waals surface area (Å²) in [6, 6.07) is 0. The van der Waals surface area contributed by atoms with Crippen LogP contribution in [0.4, 0.5) is 0 Å². The number of rotatable bonds is 2. The van der Waals surface area contributed by atoms with Crippen molar-refractivity contribution in [1.82, 2.24) is 0 Å². The fourth-order valence-electron chi connectivity index (χ4n) is 2.65. The number of carbonyl (C=O) groups excluding carboxylic acids is 1. The smallest absolute Gasteiger partial charge is 0.123 e. The molecule has 0 radical (unpaired) electrons. The van der Waals surface area contributed by atoms with Gasteiger partial charge in [0, 0.05) is 5.92 Å². The minimum atomic E-state index is 0.360. The maximum Gasteiger partial charge on any atom is 0.123 e. The van der Waals surface area contributed by atoms with Gasteiger partial charge < -0.3 is 4.79 Å². The van der Waals surface area contributed by atoms with Crippen molar-refractivity contribution in [2.75, 3.05) is 0 Å². The molecule has 2 rings (SSSR count). The molecule has 0 aromatic rings. The number of carbonyl (C=O) groups is 1. The lowest BCUT2D eigenvalue weighted by Gasteiger charge is -2.26. The SMILES string of the molecule is CC1=CCC(C2(C)CC2C=O)CC1. The molecule has 0 bridgehead atoms. The lowest BCUT2D eigenvalue weighted by Crippen LogP contribution is -2.17. The van der Waals surface area contributed by atoms with Crippen molar-refractivity contribution >= 4 is 6.29 Å². The number of hydrogen-bond donors (Lipinski definition) is 0. The van der Waals surface area contributed by atoms with Gasteiger partial charge in [-0.15, -0.1) is 0 Å². The zero-order valence-electron chi connectivity index (χ0n) is 8.55. The molecule has 3 atom stereocenters. The van der Waals surface area contributed by atoms with E-state index in [0.29, 0.717) is 11.3 Å². The Morgan fingerprint density at radius 3 is 2.85 bits per heavy atom. The fraction of sp³-hybridized carbons (Fsp3) is 0.750. The predicted molar refractivity (Wildman–Crippen MR) is 53.4 cm³/mol. The molecule has 0 aliphatic heterocycles. The highest BCUT2D eigenvalue weighted by atomic mass is 16.1. The van der Waals surface area contributed by atoms with E-state index in [0.717, 1.165) is 18.6 Å². The Bertz CT molecular complexity index is 254. The molecule has 0 aromatic carbocycles. The molecule has 1 nitrogen and oxygen atoms in total. The van der Waals surface area contributed by atoms with Crippen molar-refractivity contribution < 1.29 is 4.79 Å². The van der Waals surface area contributed by atoms with Crippen molar-refractivity contribution in [3.05, 3.63) is 11.6 Å². The maximum atomic E-state index is 10.7. The van der Waals surface area contributed by atoms with Gasteiger partial charge >= 0.3 is 0 Å². The van der Waals surface area contributed by atoms with Crippen molar-refractivity contribution in [1.29, 1.82) is 0 Å². The van der Waals surface area contributed by atoms with Crippen molar-refractivity contribution in [2.45, 2.75) is 39.5 Å². The van der Waals surface area contributed by atoms with Crippen molar-refractivity contribution in [2.24, 2.45) is 17.3 Å². The molecular formula is C12H18O. The summed E-state index contributed by atoms with van der Waals surface area (Å²) in [6.07, 6.45) is 8.39. The van der Waals surface area contributed by atoms with Gasteiger partial charge in [-0.3, -0.25) is 0 Å². The molecule has 0 spiro atoms. The minimum Gasteiger partial charge on any atom is -0.303 e. The van der Waals surface area contributed by atoms with E-state index >= 15 is 0 Å². The van der Waals surface area contributed by atoms with Gasteiger partial charge in [0.05, 0.1) is 0 Å². The summed E-state index contributed by atoms with van der Waals surface area (Å²) in [5.74, 6) is 1.13.